The molecular formula is C16H21N7O6S3. The number of carbonyl (C=O) groups is 3. The van der Waals surface area contributed by atoms with E-state index in [1.54, 1.807) is 7.05 Å². The highest BCUT2D eigenvalue weighted by molar-refractivity contribution is 8.01. The molecule has 2 atom stereocenters. The molecule has 1 amide bonds. The van der Waals surface area contributed by atoms with Crippen molar-refractivity contribution in [1.82, 2.24) is 30.0 Å². The van der Waals surface area contributed by atoms with E-state index in [2.05, 4.69) is 15.5 Å². The number of nitrogens with zero attached hydrogens (tertiary/aromatic N) is 6. The number of carbonyl (C=O) groups excluding carboxylic acids is 1. The highest BCUT2D eigenvalue weighted by Crippen LogP contribution is 2.50. The Morgan fingerprint density at radius 1 is 1.47 bits per heavy atom. The second kappa shape index (κ2) is 9.70. The summed E-state index contributed by atoms with van der Waals surface area (Å²) in [4.78, 5) is 39.3. The minimum Gasteiger partial charge on any atom is -0.481 e. The Morgan fingerprint density at radius 2 is 2.19 bits per heavy atom. The van der Waals surface area contributed by atoms with Crippen LogP contribution in [0.25, 0.3) is 0 Å². The number of fused-ring (bicyclic) bond motifs is 1. The summed E-state index contributed by atoms with van der Waals surface area (Å²) < 4.78 is 7.06. The average molecular weight is 504 g/mol. The normalized spacial score (nSPS) is 22.4. The number of aromatic nitrogens is 4. The topological polar surface area (TPSA) is 177 Å². The van der Waals surface area contributed by atoms with Crippen LogP contribution in [0.4, 0.5) is 0 Å². The van der Waals surface area contributed by atoms with Gasteiger partial charge in [0.15, 0.2) is 0 Å². The standard InChI is InChI=1S/C16H21N7O6S3/c1-21-15(18-19-20-21)32-7-8-6-31-14-16(29-2,13(28)23(14)11(8)12(26)27)22(9(30)5-17)4-3-10(24)25/h14H,3-7,17H2,1-2H3,(H,24,25)(H,26,27)/t14-,16+/m1/s1. The van der Waals surface area contributed by atoms with Gasteiger partial charge in [-0.05, 0) is 16.0 Å². The third kappa shape index (κ3) is 4.07. The molecule has 3 rings (SSSR count). The number of ether oxygens (including phenoxy) is 1. The number of thiocarbonyl (C=S) groups is 1. The molecule has 3 heterocycles. The van der Waals surface area contributed by atoms with Gasteiger partial charge in [0.2, 0.25) is 5.16 Å². The average Bonchev–Trinajstić information content (AvgIpc) is 3.18. The fourth-order valence-corrected chi connectivity index (χ4v) is 6.23. The van der Waals surface area contributed by atoms with Crippen molar-refractivity contribution in [2.24, 2.45) is 12.8 Å². The van der Waals surface area contributed by atoms with E-state index < -0.39 is 28.9 Å². The molecule has 0 aliphatic carbocycles. The molecule has 0 unspecified atom stereocenters. The monoisotopic (exact) mass is 503 g/mol. The molecule has 0 bridgehead atoms. The second-order valence-electron chi connectivity index (χ2n) is 6.76. The summed E-state index contributed by atoms with van der Waals surface area (Å²) in [6.45, 7) is -0.205. The predicted octanol–water partition coefficient (Wildman–Crippen LogP) is -1.04. The van der Waals surface area contributed by atoms with E-state index in [0.717, 1.165) is 4.90 Å². The van der Waals surface area contributed by atoms with E-state index in [4.69, 9.17) is 27.8 Å². The van der Waals surface area contributed by atoms with Crippen LogP contribution in [0.3, 0.4) is 0 Å². The molecule has 4 N–H and O–H groups in total. The number of aryl methyl sites for hydroxylation is 1. The number of methoxy groups -OCH3 is 1. The first kappa shape index (κ1) is 24.4. The molecule has 32 heavy (non-hydrogen) atoms. The van der Waals surface area contributed by atoms with Gasteiger partial charge < -0.3 is 25.6 Å². The highest BCUT2D eigenvalue weighted by Gasteiger charge is 2.69. The predicted molar refractivity (Wildman–Crippen MR) is 118 cm³/mol. The molecule has 16 heteroatoms. The van der Waals surface area contributed by atoms with Gasteiger partial charge in [-0.3, -0.25) is 14.5 Å². The van der Waals surface area contributed by atoms with Crippen molar-refractivity contribution < 1.29 is 29.3 Å². The Hall–Kier alpha value is -2.27. The zero-order valence-corrected chi connectivity index (χ0v) is 19.6. The Labute approximate surface area is 196 Å². The quantitative estimate of drug-likeness (QED) is 0.153. The van der Waals surface area contributed by atoms with Gasteiger partial charge in [0, 0.05) is 38.8 Å². The molecule has 13 nitrogen and oxygen atoms in total. The molecule has 1 saturated heterocycles. The number of thioether (sulfide) groups is 2. The number of amides is 1. The van der Waals surface area contributed by atoms with Crippen LogP contribution >= 0.6 is 35.7 Å². The summed E-state index contributed by atoms with van der Waals surface area (Å²) in [6, 6.07) is 0. The van der Waals surface area contributed by atoms with Gasteiger partial charge >= 0.3 is 11.9 Å². The van der Waals surface area contributed by atoms with Crippen molar-refractivity contribution in [2.75, 3.05) is 31.7 Å². The zero-order chi connectivity index (χ0) is 23.6. The van der Waals surface area contributed by atoms with E-state index in [1.165, 1.54) is 40.2 Å². The van der Waals surface area contributed by atoms with Gasteiger partial charge in [0.1, 0.15) is 11.1 Å². The van der Waals surface area contributed by atoms with Crippen molar-refractivity contribution in [1.29, 1.82) is 0 Å². The zero-order valence-electron chi connectivity index (χ0n) is 17.1. The summed E-state index contributed by atoms with van der Waals surface area (Å²) in [7, 11) is 2.97. The number of carboxylic acids is 2. The van der Waals surface area contributed by atoms with Crippen LogP contribution in [0.15, 0.2) is 16.4 Å². The lowest BCUT2D eigenvalue weighted by Crippen LogP contribution is -2.81. The summed E-state index contributed by atoms with van der Waals surface area (Å²) >= 11 is 7.85. The van der Waals surface area contributed by atoms with Gasteiger partial charge in [0.25, 0.3) is 11.6 Å². The molecule has 0 aromatic carbocycles. The highest BCUT2D eigenvalue weighted by atomic mass is 32.2. The summed E-state index contributed by atoms with van der Waals surface area (Å²) in [6.07, 6.45) is -0.300. The summed E-state index contributed by atoms with van der Waals surface area (Å²) in [5, 5.41) is 29.9. The third-order valence-electron chi connectivity index (χ3n) is 4.98. The Bertz CT molecular complexity index is 985. The van der Waals surface area contributed by atoms with E-state index >= 15 is 0 Å². The van der Waals surface area contributed by atoms with Crippen LogP contribution in [-0.2, 0) is 26.2 Å². The molecule has 2 aliphatic rings. The lowest BCUT2D eigenvalue weighted by molar-refractivity contribution is -0.210. The summed E-state index contributed by atoms with van der Waals surface area (Å²) in [5.41, 5.74) is 4.44. The minimum atomic E-state index is -1.64. The van der Waals surface area contributed by atoms with E-state index in [1.807, 2.05) is 0 Å². The number of aliphatic carboxylic acids is 2. The van der Waals surface area contributed by atoms with Crippen LogP contribution < -0.4 is 5.73 Å². The molecule has 0 radical (unpaired) electrons. The number of rotatable bonds is 10. The molecule has 0 spiro atoms. The van der Waals surface area contributed by atoms with Gasteiger partial charge in [-0.2, -0.15) is 0 Å². The largest absolute Gasteiger partial charge is 0.481 e. The van der Waals surface area contributed by atoms with Gasteiger partial charge in [0.05, 0.1) is 11.4 Å². The number of β-lactam (4-membered cyclic amide) rings is 1. The maximum absolute atomic E-state index is 13.4. The number of hydrogen-bond acceptors (Lipinski definition) is 11. The smallest absolute Gasteiger partial charge is 0.352 e. The molecule has 1 aromatic heterocycles. The molecule has 0 saturated carbocycles. The van der Waals surface area contributed by atoms with Crippen molar-refractivity contribution >= 4 is 58.6 Å². The van der Waals surface area contributed by atoms with E-state index in [0.29, 0.717) is 16.5 Å². The maximum atomic E-state index is 13.4. The van der Waals surface area contributed by atoms with Crippen LogP contribution in [0.5, 0.6) is 0 Å². The van der Waals surface area contributed by atoms with Gasteiger partial charge in [-0.15, -0.1) is 16.9 Å². The lowest BCUT2D eigenvalue weighted by atomic mass is 9.96. The van der Waals surface area contributed by atoms with Gasteiger partial charge in [-0.1, -0.05) is 24.0 Å². The minimum absolute atomic E-state index is 0.0972. The SMILES string of the molecule is CO[C@@]1(N(CCC(=O)O)C(=S)CN)C(=O)N2C(C(=O)O)=C(CSc3nnnn3C)CS[C@@H]21. The van der Waals surface area contributed by atoms with Crippen molar-refractivity contribution in [3.63, 3.8) is 0 Å². The molecular weight excluding hydrogens is 482 g/mol. The fourth-order valence-electron chi connectivity index (χ4n) is 3.52. The third-order valence-corrected chi connectivity index (χ3v) is 7.83. The maximum Gasteiger partial charge on any atom is 0.352 e. The number of tetrazole rings is 1. The van der Waals surface area contributed by atoms with Crippen molar-refractivity contribution in [2.45, 2.75) is 22.7 Å². The Morgan fingerprint density at radius 3 is 2.72 bits per heavy atom. The number of carboxylic acid groups (broad SMARTS) is 2. The van der Waals surface area contributed by atoms with Gasteiger partial charge in [-0.25, -0.2) is 9.48 Å². The van der Waals surface area contributed by atoms with Crippen molar-refractivity contribution in [3.8, 4) is 0 Å². The summed E-state index contributed by atoms with van der Waals surface area (Å²) in [5.74, 6) is -2.40. The van der Waals surface area contributed by atoms with Crippen LogP contribution in [0.2, 0.25) is 0 Å². The van der Waals surface area contributed by atoms with Crippen LogP contribution in [0.1, 0.15) is 6.42 Å². The Kier molecular flexibility index (Phi) is 7.39. The fraction of sp³-hybridized carbons (Fsp3) is 0.562. The van der Waals surface area contributed by atoms with E-state index in [-0.39, 0.29) is 35.9 Å². The van der Waals surface area contributed by atoms with Crippen LogP contribution in [0, 0.1) is 0 Å². The Balaban J connectivity index is 1.92. The number of hydrogen-bond donors (Lipinski definition) is 3. The second-order valence-corrected chi connectivity index (χ2v) is 9.25. The molecule has 174 valence electrons. The molecule has 2 aliphatic heterocycles. The van der Waals surface area contributed by atoms with E-state index in [9.17, 15) is 19.5 Å². The molecule has 1 fully saturated rings. The number of nitrogens with two attached hydrogens (primary N) is 1. The lowest BCUT2D eigenvalue weighted by Gasteiger charge is -2.60. The first-order chi connectivity index (χ1) is 15.2. The van der Waals surface area contributed by atoms with Crippen LogP contribution in [-0.4, -0.2) is 106 Å². The first-order valence-electron chi connectivity index (χ1n) is 9.22. The van der Waals surface area contributed by atoms with Crippen molar-refractivity contribution in [3.05, 3.63) is 11.3 Å². The first-order valence-corrected chi connectivity index (χ1v) is 11.7. The molecule has 1 aromatic rings.